The van der Waals surface area contributed by atoms with Gasteiger partial charge in [0.25, 0.3) is 0 Å². The van der Waals surface area contributed by atoms with Gasteiger partial charge in [-0.3, -0.25) is 4.79 Å². The number of aryl methyl sites for hydroxylation is 1. The van der Waals surface area contributed by atoms with Crippen LogP contribution in [0.3, 0.4) is 0 Å². The maximum atomic E-state index is 11.7. The van der Waals surface area contributed by atoms with E-state index in [1.807, 2.05) is 24.3 Å². The third-order valence-electron chi connectivity index (χ3n) is 2.65. The zero-order chi connectivity index (χ0) is 14.0. The molecule has 6 heteroatoms. The fraction of sp³-hybridized carbons (Fsp3) is 0.154. The van der Waals surface area contributed by atoms with E-state index in [2.05, 4.69) is 5.10 Å². The van der Waals surface area contributed by atoms with Crippen LogP contribution in [0.1, 0.15) is 11.4 Å². The molecule has 0 saturated heterocycles. The van der Waals surface area contributed by atoms with Crippen molar-refractivity contribution in [2.75, 3.05) is 7.11 Å². The molecule has 19 heavy (non-hydrogen) atoms. The Kier molecular flexibility index (Phi) is 3.62. The molecule has 0 aliphatic heterocycles. The lowest BCUT2D eigenvalue weighted by Crippen LogP contribution is -2.26. The van der Waals surface area contributed by atoms with Gasteiger partial charge in [-0.25, -0.2) is 4.68 Å². The smallest absolute Gasteiger partial charge is 0.210 e. The second-order valence-corrected chi connectivity index (χ2v) is 4.39. The minimum Gasteiger partial charge on any atom is -0.494 e. The fourth-order valence-corrected chi connectivity index (χ4v) is 1.91. The lowest BCUT2D eigenvalue weighted by molar-refractivity contribution is 0.411. The van der Waals surface area contributed by atoms with Gasteiger partial charge in [0.05, 0.1) is 7.11 Å². The van der Waals surface area contributed by atoms with E-state index in [1.165, 1.54) is 6.07 Å². The molecule has 0 amide bonds. The zero-order valence-corrected chi connectivity index (χ0v) is 11.4. The van der Waals surface area contributed by atoms with Crippen LogP contribution in [-0.4, -0.2) is 21.9 Å². The summed E-state index contributed by atoms with van der Waals surface area (Å²) in [4.78, 5) is 11.7. The van der Waals surface area contributed by atoms with Crippen LogP contribution in [0.25, 0.3) is 5.69 Å². The normalized spacial score (nSPS) is 10.2. The maximum Gasteiger partial charge on any atom is 0.210 e. The summed E-state index contributed by atoms with van der Waals surface area (Å²) in [6.45, 7) is 1.78. The van der Waals surface area contributed by atoms with Crippen molar-refractivity contribution in [3.63, 3.8) is 0 Å². The quantitative estimate of drug-likeness (QED) is 0.852. The van der Waals surface area contributed by atoms with Crippen molar-refractivity contribution >= 4 is 17.2 Å². The standard InChI is InChI=1S/C13H13N3O2S/c1-8-7-10(17)12(13(14)19)15-16(8)9-5-3-4-6-11(9)18-2/h3-7H,1-2H3,(H2,14,19). The molecular formula is C13H13N3O2S. The van der Waals surface area contributed by atoms with Gasteiger partial charge in [0.2, 0.25) is 5.43 Å². The third kappa shape index (κ3) is 2.48. The van der Waals surface area contributed by atoms with Crippen molar-refractivity contribution in [2.24, 2.45) is 5.73 Å². The van der Waals surface area contributed by atoms with Crippen LogP contribution in [0.15, 0.2) is 35.1 Å². The van der Waals surface area contributed by atoms with Gasteiger partial charge in [-0.05, 0) is 19.1 Å². The van der Waals surface area contributed by atoms with Crippen LogP contribution in [-0.2, 0) is 0 Å². The van der Waals surface area contributed by atoms with E-state index in [0.717, 1.165) is 5.69 Å². The predicted octanol–water partition coefficient (Wildman–Crippen LogP) is 1.18. The summed E-state index contributed by atoms with van der Waals surface area (Å²) in [5.74, 6) is 0.649. The fourth-order valence-electron chi connectivity index (χ4n) is 1.77. The Morgan fingerprint density at radius 2 is 2.11 bits per heavy atom. The molecular weight excluding hydrogens is 262 g/mol. The van der Waals surface area contributed by atoms with Gasteiger partial charge >= 0.3 is 0 Å². The Bertz CT molecular complexity index is 695. The van der Waals surface area contributed by atoms with E-state index in [1.54, 1.807) is 18.7 Å². The lowest BCUT2D eigenvalue weighted by Gasteiger charge is -2.13. The molecule has 2 aromatic rings. The Morgan fingerprint density at radius 1 is 1.42 bits per heavy atom. The highest BCUT2D eigenvalue weighted by molar-refractivity contribution is 7.80. The van der Waals surface area contributed by atoms with Crippen molar-refractivity contribution in [2.45, 2.75) is 6.92 Å². The molecule has 1 aromatic heterocycles. The van der Waals surface area contributed by atoms with Crippen molar-refractivity contribution in [1.82, 2.24) is 9.78 Å². The predicted molar refractivity (Wildman–Crippen MR) is 77.0 cm³/mol. The van der Waals surface area contributed by atoms with Gasteiger partial charge in [0.15, 0.2) is 5.69 Å². The van der Waals surface area contributed by atoms with E-state index in [9.17, 15) is 4.79 Å². The number of aromatic nitrogens is 2. The molecule has 2 N–H and O–H groups in total. The summed E-state index contributed by atoms with van der Waals surface area (Å²) in [5, 5.41) is 4.21. The second-order valence-electron chi connectivity index (χ2n) is 3.95. The molecule has 0 atom stereocenters. The minimum atomic E-state index is -0.281. The van der Waals surface area contributed by atoms with Crippen LogP contribution in [0.2, 0.25) is 0 Å². The molecule has 0 spiro atoms. The number of para-hydroxylation sites is 2. The number of thiocarbonyl (C=S) groups is 1. The van der Waals surface area contributed by atoms with Crippen molar-refractivity contribution in [3.05, 3.63) is 51.9 Å². The Balaban J connectivity index is 2.72. The van der Waals surface area contributed by atoms with E-state index in [-0.39, 0.29) is 16.1 Å². The van der Waals surface area contributed by atoms with Gasteiger partial charge in [-0.2, -0.15) is 5.10 Å². The number of nitrogens with zero attached hydrogens (tertiary/aromatic N) is 2. The molecule has 0 saturated carbocycles. The molecule has 0 aliphatic rings. The monoisotopic (exact) mass is 275 g/mol. The molecule has 98 valence electrons. The number of hydrogen-bond donors (Lipinski definition) is 1. The van der Waals surface area contributed by atoms with Crippen molar-refractivity contribution in [1.29, 1.82) is 0 Å². The molecule has 0 aliphatic carbocycles. The van der Waals surface area contributed by atoms with Crippen LogP contribution < -0.4 is 15.9 Å². The van der Waals surface area contributed by atoms with Crippen molar-refractivity contribution in [3.8, 4) is 11.4 Å². The largest absolute Gasteiger partial charge is 0.494 e. The topological polar surface area (TPSA) is 70.1 Å². The lowest BCUT2D eigenvalue weighted by atomic mass is 10.2. The first kappa shape index (κ1) is 13.2. The highest BCUT2D eigenvalue weighted by atomic mass is 32.1. The Hall–Kier alpha value is -2.21. The first-order valence-corrected chi connectivity index (χ1v) is 5.99. The summed E-state index contributed by atoms with van der Waals surface area (Å²) < 4.78 is 6.87. The van der Waals surface area contributed by atoms with Gasteiger partial charge < -0.3 is 10.5 Å². The number of rotatable bonds is 3. The number of ether oxygens (including phenoxy) is 1. The van der Waals surface area contributed by atoms with Crippen LogP contribution in [0, 0.1) is 6.92 Å². The number of benzene rings is 1. The van der Waals surface area contributed by atoms with Gasteiger partial charge in [-0.15, -0.1) is 0 Å². The van der Waals surface area contributed by atoms with E-state index < -0.39 is 0 Å². The molecule has 0 fully saturated rings. The minimum absolute atomic E-state index is 0.0198. The zero-order valence-electron chi connectivity index (χ0n) is 10.6. The second kappa shape index (κ2) is 5.19. The van der Waals surface area contributed by atoms with Crippen LogP contribution in [0.4, 0.5) is 0 Å². The molecule has 0 bridgehead atoms. The molecule has 1 heterocycles. The van der Waals surface area contributed by atoms with Gasteiger partial charge in [0.1, 0.15) is 16.4 Å². The highest BCUT2D eigenvalue weighted by Gasteiger charge is 2.12. The number of nitrogens with two attached hydrogens (primary N) is 1. The molecule has 1 aromatic carbocycles. The Labute approximate surface area is 115 Å². The highest BCUT2D eigenvalue weighted by Crippen LogP contribution is 2.21. The van der Waals surface area contributed by atoms with E-state index in [0.29, 0.717) is 11.4 Å². The summed E-state index contributed by atoms with van der Waals surface area (Å²) in [6.07, 6.45) is 0. The van der Waals surface area contributed by atoms with E-state index >= 15 is 0 Å². The van der Waals surface area contributed by atoms with Gasteiger partial charge in [-0.1, -0.05) is 24.4 Å². The average Bonchev–Trinajstić information content (AvgIpc) is 2.38. The third-order valence-corrected chi connectivity index (χ3v) is 2.85. The first-order chi connectivity index (χ1) is 9.04. The van der Waals surface area contributed by atoms with Crippen LogP contribution in [0.5, 0.6) is 5.75 Å². The summed E-state index contributed by atoms with van der Waals surface area (Å²) in [6, 6.07) is 8.82. The van der Waals surface area contributed by atoms with Crippen LogP contribution >= 0.6 is 12.2 Å². The Morgan fingerprint density at radius 3 is 2.74 bits per heavy atom. The first-order valence-electron chi connectivity index (χ1n) is 5.58. The SMILES string of the molecule is COc1ccccc1-n1nc(C(N)=S)c(=O)cc1C. The summed E-state index contributed by atoms with van der Waals surface area (Å²) in [7, 11) is 1.57. The molecule has 0 radical (unpaired) electrons. The summed E-state index contributed by atoms with van der Waals surface area (Å²) in [5.41, 5.74) is 6.70. The average molecular weight is 275 g/mol. The molecule has 5 nitrogen and oxygen atoms in total. The maximum absolute atomic E-state index is 11.7. The number of methoxy groups -OCH3 is 1. The molecule has 0 unspecified atom stereocenters. The summed E-state index contributed by atoms with van der Waals surface area (Å²) >= 11 is 4.83. The van der Waals surface area contributed by atoms with Gasteiger partial charge in [0, 0.05) is 11.8 Å². The van der Waals surface area contributed by atoms with E-state index in [4.69, 9.17) is 22.7 Å². The van der Waals surface area contributed by atoms with Crippen molar-refractivity contribution < 1.29 is 4.74 Å². The molecule has 2 rings (SSSR count). The number of hydrogen-bond acceptors (Lipinski definition) is 4.